The summed E-state index contributed by atoms with van der Waals surface area (Å²) in [5.74, 6) is -0.190. The molecule has 0 aliphatic rings. The molecule has 0 unspecified atom stereocenters. The van der Waals surface area contributed by atoms with Crippen LogP contribution in [0, 0.1) is 0 Å². The fraction of sp³-hybridized carbons (Fsp3) is 0.222. The van der Waals surface area contributed by atoms with E-state index in [1.807, 2.05) is 6.92 Å². The van der Waals surface area contributed by atoms with Crippen LogP contribution < -0.4 is 14.8 Å². The number of nitrogens with one attached hydrogen (secondary N) is 1. The number of benzene rings is 2. The van der Waals surface area contributed by atoms with Crippen molar-refractivity contribution in [1.29, 1.82) is 0 Å². The Balaban J connectivity index is 1.95. The van der Waals surface area contributed by atoms with Gasteiger partial charge in [-0.05, 0) is 37.3 Å². The molecule has 0 bridgehead atoms. The van der Waals surface area contributed by atoms with E-state index in [0.29, 0.717) is 28.8 Å². The minimum absolute atomic E-state index is 0.255. The largest absolute Gasteiger partial charge is 0.493 e. The molecule has 1 N–H and O–H groups in total. The Morgan fingerprint density at radius 1 is 1.12 bits per heavy atom. The molecule has 0 saturated heterocycles. The van der Waals surface area contributed by atoms with Crippen molar-refractivity contribution in [3.8, 4) is 11.5 Å². The van der Waals surface area contributed by atoms with Gasteiger partial charge in [0.1, 0.15) is 0 Å². The lowest BCUT2D eigenvalue weighted by Crippen LogP contribution is -2.21. The van der Waals surface area contributed by atoms with Gasteiger partial charge >= 0.3 is 5.97 Å². The highest BCUT2D eigenvalue weighted by molar-refractivity contribution is 6.33. The van der Waals surface area contributed by atoms with Crippen molar-refractivity contribution >= 4 is 29.2 Å². The molecule has 2 aromatic carbocycles. The van der Waals surface area contributed by atoms with Crippen LogP contribution in [0.4, 0.5) is 5.69 Å². The Kier molecular flexibility index (Phi) is 6.65. The molecule has 25 heavy (non-hydrogen) atoms. The second-order valence-electron chi connectivity index (χ2n) is 4.90. The van der Waals surface area contributed by atoms with Crippen LogP contribution in [0.3, 0.4) is 0 Å². The summed E-state index contributed by atoms with van der Waals surface area (Å²) >= 11 is 5.95. The van der Waals surface area contributed by atoms with Gasteiger partial charge in [0.15, 0.2) is 18.1 Å². The SMILES string of the molecule is CCOc1ccc(C(=O)OCC(=O)Nc2ccccc2Cl)cc1OC. The number of rotatable bonds is 7. The molecule has 2 rings (SSSR count). The smallest absolute Gasteiger partial charge is 0.338 e. The van der Waals surface area contributed by atoms with E-state index in [1.54, 1.807) is 36.4 Å². The van der Waals surface area contributed by atoms with Gasteiger partial charge in [-0.15, -0.1) is 0 Å². The average Bonchev–Trinajstić information content (AvgIpc) is 2.62. The summed E-state index contributed by atoms with van der Waals surface area (Å²) in [5.41, 5.74) is 0.707. The maximum atomic E-state index is 12.1. The molecular weight excluding hydrogens is 346 g/mol. The van der Waals surface area contributed by atoms with Crippen LogP contribution in [0.25, 0.3) is 0 Å². The lowest BCUT2D eigenvalue weighted by Gasteiger charge is -2.11. The number of esters is 1. The molecule has 0 fully saturated rings. The summed E-state index contributed by atoms with van der Waals surface area (Å²) < 4.78 is 15.6. The predicted octanol–water partition coefficient (Wildman–Crippen LogP) is 3.54. The van der Waals surface area contributed by atoms with Crippen LogP contribution in [-0.2, 0) is 9.53 Å². The van der Waals surface area contributed by atoms with Gasteiger partial charge in [0, 0.05) is 0 Å². The van der Waals surface area contributed by atoms with Crippen molar-refractivity contribution in [3.63, 3.8) is 0 Å². The Morgan fingerprint density at radius 3 is 2.56 bits per heavy atom. The number of carbonyl (C=O) groups is 2. The van der Waals surface area contributed by atoms with E-state index in [1.165, 1.54) is 13.2 Å². The normalized spacial score (nSPS) is 10.0. The minimum atomic E-state index is -0.643. The van der Waals surface area contributed by atoms with E-state index in [9.17, 15) is 9.59 Å². The Morgan fingerprint density at radius 2 is 1.88 bits per heavy atom. The van der Waals surface area contributed by atoms with Crippen LogP contribution in [-0.4, -0.2) is 32.2 Å². The first-order chi connectivity index (χ1) is 12.0. The Labute approximate surface area is 150 Å². The van der Waals surface area contributed by atoms with Gasteiger partial charge in [-0.2, -0.15) is 0 Å². The van der Waals surface area contributed by atoms with Crippen LogP contribution in [0.1, 0.15) is 17.3 Å². The molecule has 0 saturated carbocycles. The van der Waals surface area contributed by atoms with Gasteiger partial charge in [-0.25, -0.2) is 4.79 Å². The topological polar surface area (TPSA) is 73.9 Å². The molecule has 132 valence electrons. The van der Waals surface area contributed by atoms with Crippen molar-refractivity contribution in [2.45, 2.75) is 6.92 Å². The van der Waals surface area contributed by atoms with Crippen LogP contribution in [0.2, 0.25) is 5.02 Å². The second kappa shape index (κ2) is 8.94. The van der Waals surface area contributed by atoms with Gasteiger partial charge in [0.2, 0.25) is 0 Å². The first-order valence-electron chi connectivity index (χ1n) is 7.57. The first kappa shape index (κ1) is 18.6. The molecule has 2 aromatic rings. The number of amides is 1. The molecule has 0 aliphatic carbocycles. The van der Waals surface area contributed by atoms with Crippen molar-refractivity contribution in [2.24, 2.45) is 0 Å². The fourth-order valence-corrected chi connectivity index (χ4v) is 2.22. The number of halogens is 1. The van der Waals surface area contributed by atoms with E-state index in [2.05, 4.69) is 5.32 Å². The third-order valence-electron chi connectivity index (χ3n) is 3.18. The van der Waals surface area contributed by atoms with Crippen LogP contribution in [0.5, 0.6) is 11.5 Å². The lowest BCUT2D eigenvalue weighted by molar-refractivity contribution is -0.119. The standard InChI is InChI=1S/C18H18ClNO5/c1-3-24-15-9-8-12(10-16(15)23-2)18(22)25-11-17(21)20-14-7-5-4-6-13(14)19/h4-10H,3,11H2,1-2H3,(H,20,21). The van der Waals surface area contributed by atoms with Gasteiger partial charge < -0.3 is 19.5 Å². The zero-order valence-corrected chi connectivity index (χ0v) is 14.6. The van der Waals surface area contributed by atoms with Gasteiger partial charge in [-0.3, -0.25) is 4.79 Å². The Hall–Kier alpha value is -2.73. The third kappa shape index (κ3) is 5.12. The molecule has 0 atom stereocenters. The third-order valence-corrected chi connectivity index (χ3v) is 3.51. The maximum Gasteiger partial charge on any atom is 0.338 e. The molecule has 0 radical (unpaired) electrons. The number of hydrogen-bond acceptors (Lipinski definition) is 5. The number of ether oxygens (including phenoxy) is 3. The fourth-order valence-electron chi connectivity index (χ4n) is 2.03. The monoisotopic (exact) mass is 363 g/mol. The van der Waals surface area contributed by atoms with Crippen LogP contribution >= 0.6 is 11.6 Å². The molecule has 0 aromatic heterocycles. The summed E-state index contributed by atoms with van der Waals surface area (Å²) in [6.07, 6.45) is 0. The van der Waals surface area contributed by atoms with Gasteiger partial charge in [0.25, 0.3) is 5.91 Å². The first-order valence-corrected chi connectivity index (χ1v) is 7.95. The average molecular weight is 364 g/mol. The molecule has 0 spiro atoms. The maximum absolute atomic E-state index is 12.1. The molecule has 0 aliphatic heterocycles. The second-order valence-corrected chi connectivity index (χ2v) is 5.31. The Bertz CT molecular complexity index is 763. The number of hydrogen-bond donors (Lipinski definition) is 1. The number of methoxy groups -OCH3 is 1. The predicted molar refractivity (Wildman–Crippen MR) is 94.5 cm³/mol. The van der Waals surface area contributed by atoms with Crippen molar-refractivity contribution in [1.82, 2.24) is 0 Å². The summed E-state index contributed by atoms with van der Waals surface area (Å²) in [4.78, 5) is 24.0. The summed E-state index contributed by atoms with van der Waals surface area (Å²) in [6.45, 7) is 1.89. The molecular formula is C18H18ClNO5. The highest BCUT2D eigenvalue weighted by atomic mass is 35.5. The van der Waals surface area contributed by atoms with E-state index in [-0.39, 0.29) is 5.56 Å². The zero-order chi connectivity index (χ0) is 18.2. The summed E-state index contributed by atoms with van der Waals surface area (Å²) in [7, 11) is 1.48. The highest BCUT2D eigenvalue weighted by Crippen LogP contribution is 2.28. The minimum Gasteiger partial charge on any atom is -0.493 e. The molecule has 6 nitrogen and oxygen atoms in total. The van der Waals surface area contributed by atoms with E-state index >= 15 is 0 Å². The summed E-state index contributed by atoms with van der Waals surface area (Å²) in [6, 6.07) is 11.4. The van der Waals surface area contributed by atoms with Crippen LogP contribution in [0.15, 0.2) is 42.5 Å². The highest BCUT2D eigenvalue weighted by Gasteiger charge is 2.14. The van der Waals surface area contributed by atoms with Crippen molar-refractivity contribution in [3.05, 3.63) is 53.1 Å². The quantitative estimate of drug-likeness (QED) is 0.761. The zero-order valence-electron chi connectivity index (χ0n) is 13.9. The van der Waals surface area contributed by atoms with E-state index < -0.39 is 18.5 Å². The summed E-state index contributed by atoms with van der Waals surface area (Å²) in [5, 5.41) is 2.97. The van der Waals surface area contributed by atoms with Crippen molar-refractivity contribution < 1.29 is 23.8 Å². The molecule has 0 heterocycles. The molecule has 1 amide bonds. The van der Waals surface area contributed by atoms with Gasteiger partial charge in [0.05, 0.1) is 30.0 Å². The van der Waals surface area contributed by atoms with E-state index in [0.717, 1.165) is 0 Å². The number of anilines is 1. The molecule has 7 heteroatoms. The number of para-hydroxylation sites is 1. The van der Waals surface area contributed by atoms with Gasteiger partial charge in [-0.1, -0.05) is 23.7 Å². The van der Waals surface area contributed by atoms with E-state index in [4.69, 9.17) is 25.8 Å². The number of carbonyl (C=O) groups excluding carboxylic acids is 2. The lowest BCUT2D eigenvalue weighted by atomic mass is 10.2. The van der Waals surface area contributed by atoms with Crippen molar-refractivity contribution in [2.75, 3.05) is 25.6 Å².